The number of hydrogen-bond acceptors (Lipinski definition) is 6. The number of hydrogen-bond donors (Lipinski definition) is 3. The molecule has 0 unspecified atom stereocenters. The molecule has 3 heterocycles. The fraction of sp³-hybridized carbons (Fsp3) is 0.226. The van der Waals surface area contributed by atoms with Gasteiger partial charge in [0, 0.05) is 29.2 Å². The minimum atomic E-state index is -0.982. The molecule has 1 saturated heterocycles. The minimum Gasteiger partial charge on any atom is -0.453 e. The van der Waals surface area contributed by atoms with E-state index in [0.717, 1.165) is 22.4 Å². The average molecular weight is 586 g/mol. The number of methoxy groups -OCH3 is 1. The summed E-state index contributed by atoms with van der Waals surface area (Å²) in [6.45, 7) is 0.617. The van der Waals surface area contributed by atoms with Crippen LogP contribution in [0.5, 0.6) is 0 Å². The maximum atomic E-state index is 14.2. The van der Waals surface area contributed by atoms with E-state index in [0.29, 0.717) is 41.6 Å². The summed E-state index contributed by atoms with van der Waals surface area (Å²) < 4.78 is 10.5. The van der Waals surface area contributed by atoms with Crippen molar-refractivity contribution in [2.45, 2.75) is 24.4 Å². The molecular formula is C31H28ClN5O5. The molecule has 11 heteroatoms. The first-order valence-electron chi connectivity index (χ1n) is 13.5. The van der Waals surface area contributed by atoms with Gasteiger partial charge in [0.1, 0.15) is 11.7 Å². The molecule has 1 aromatic heterocycles. The fourth-order valence-electron chi connectivity index (χ4n) is 5.58. The van der Waals surface area contributed by atoms with Crippen LogP contribution < -0.4 is 10.6 Å². The molecule has 1 fully saturated rings. The molecule has 0 aliphatic carbocycles. The molecule has 42 heavy (non-hydrogen) atoms. The van der Waals surface area contributed by atoms with Crippen LogP contribution in [0.15, 0.2) is 79.0 Å². The SMILES string of the molecule is COC(=O)Nc1ccc(-c2cnc([C@H](Cc3ccccc3)C(=O)N3CC[C@@]4(C3)OC(=O)Nc3ccc(Cl)cc34)[nH]2)cc1. The number of H-pyrrole nitrogens is 1. The van der Waals surface area contributed by atoms with Gasteiger partial charge in [0.05, 0.1) is 31.2 Å². The van der Waals surface area contributed by atoms with E-state index in [2.05, 4.69) is 25.3 Å². The zero-order valence-electron chi connectivity index (χ0n) is 22.7. The summed E-state index contributed by atoms with van der Waals surface area (Å²) in [7, 11) is 1.30. The molecular weight excluding hydrogens is 558 g/mol. The van der Waals surface area contributed by atoms with Crippen molar-refractivity contribution in [3.8, 4) is 11.3 Å². The van der Waals surface area contributed by atoms with Gasteiger partial charge in [-0.2, -0.15) is 0 Å². The third-order valence-corrected chi connectivity index (χ3v) is 7.91. The Kier molecular flexibility index (Phi) is 7.30. The van der Waals surface area contributed by atoms with Gasteiger partial charge < -0.3 is 19.4 Å². The summed E-state index contributed by atoms with van der Waals surface area (Å²) in [6, 6.07) is 22.2. The van der Waals surface area contributed by atoms with Gasteiger partial charge >= 0.3 is 12.2 Å². The summed E-state index contributed by atoms with van der Waals surface area (Å²) in [5.41, 5.74) is 3.56. The topological polar surface area (TPSA) is 126 Å². The number of amides is 3. The van der Waals surface area contributed by atoms with Crippen molar-refractivity contribution < 1.29 is 23.9 Å². The number of ether oxygens (including phenoxy) is 2. The number of anilines is 2. The van der Waals surface area contributed by atoms with Gasteiger partial charge in [0.15, 0.2) is 5.60 Å². The van der Waals surface area contributed by atoms with Crippen molar-refractivity contribution in [2.75, 3.05) is 30.8 Å². The summed E-state index contributed by atoms with van der Waals surface area (Å²) >= 11 is 6.30. The second kappa shape index (κ2) is 11.2. The first kappa shape index (κ1) is 27.3. The molecule has 3 N–H and O–H groups in total. The molecule has 3 amide bonds. The van der Waals surface area contributed by atoms with Crippen LogP contribution in [0.2, 0.25) is 5.02 Å². The van der Waals surface area contributed by atoms with E-state index >= 15 is 0 Å². The van der Waals surface area contributed by atoms with Gasteiger partial charge in [-0.1, -0.05) is 54.1 Å². The van der Waals surface area contributed by atoms with Gasteiger partial charge in [0.25, 0.3) is 0 Å². The van der Waals surface area contributed by atoms with Gasteiger partial charge in [-0.05, 0) is 47.9 Å². The Hall–Kier alpha value is -4.83. The highest BCUT2D eigenvalue weighted by Crippen LogP contribution is 2.44. The Morgan fingerprint density at radius 2 is 1.93 bits per heavy atom. The fourth-order valence-corrected chi connectivity index (χ4v) is 5.75. The summed E-state index contributed by atoms with van der Waals surface area (Å²) in [4.78, 5) is 47.9. The maximum Gasteiger partial charge on any atom is 0.412 e. The smallest absolute Gasteiger partial charge is 0.412 e. The zero-order chi connectivity index (χ0) is 29.3. The van der Waals surface area contributed by atoms with E-state index < -0.39 is 23.7 Å². The largest absolute Gasteiger partial charge is 0.453 e. The molecule has 10 nitrogen and oxygen atoms in total. The Morgan fingerprint density at radius 1 is 1.14 bits per heavy atom. The lowest BCUT2D eigenvalue weighted by atomic mass is 9.90. The molecule has 2 atom stereocenters. The van der Waals surface area contributed by atoms with Crippen molar-refractivity contribution in [2.24, 2.45) is 0 Å². The third-order valence-electron chi connectivity index (χ3n) is 7.67. The molecule has 2 aliphatic rings. The maximum absolute atomic E-state index is 14.2. The van der Waals surface area contributed by atoms with Gasteiger partial charge in [-0.3, -0.25) is 15.4 Å². The average Bonchev–Trinajstić information content (AvgIpc) is 3.65. The molecule has 2 aliphatic heterocycles. The number of carbonyl (C=O) groups is 3. The van der Waals surface area contributed by atoms with E-state index in [-0.39, 0.29) is 12.5 Å². The van der Waals surface area contributed by atoms with Crippen molar-refractivity contribution in [1.82, 2.24) is 14.9 Å². The van der Waals surface area contributed by atoms with Crippen LogP contribution in [0, 0.1) is 0 Å². The van der Waals surface area contributed by atoms with Crippen LogP contribution in [-0.4, -0.2) is 53.2 Å². The van der Waals surface area contributed by atoms with Crippen molar-refractivity contribution in [3.05, 3.63) is 101 Å². The number of imidazole rings is 1. The Morgan fingerprint density at radius 3 is 2.69 bits per heavy atom. The van der Waals surface area contributed by atoms with Gasteiger partial charge in [-0.25, -0.2) is 14.6 Å². The van der Waals surface area contributed by atoms with E-state index in [1.54, 1.807) is 41.4 Å². The van der Waals surface area contributed by atoms with Crippen molar-refractivity contribution in [1.29, 1.82) is 0 Å². The van der Waals surface area contributed by atoms with E-state index in [1.165, 1.54) is 7.11 Å². The zero-order valence-corrected chi connectivity index (χ0v) is 23.5. The number of aromatic nitrogens is 2. The number of halogens is 1. The van der Waals surface area contributed by atoms with Gasteiger partial charge in [-0.15, -0.1) is 0 Å². The molecule has 0 radical (unpaired) electrons. The summed E-state index contributed by atoms with van der Waals surface area (Å²) in [5, 5.41) is 5.88. The normalized spacial score (nSPS) is 18.1. The summed E-state index contributed by atoms with van der Waals surface area (Å²) in [6.07, 6.45) is 1.48. The van der Waals surface area contributed by atoms with Crippen LogP contribution in [0.25, 0.3) is 11.3 Å². The number of aromatic amines is 1. The van der Waals surface area contributed by atoms with Crippen LogP contribution in [0.3, 0.4) is 0 Å². The number of fused-ring (bicyclic) bond motifs is 2. The number of rotatable bonds is 6. The Labute approximate surface area is 247 Å². The molecule has 0 bridgehead atoms. The molecule has 1 spiro atoms. The standard InChI is InChI=1S/C31H28ClN5O5/c1-41-29(39)34-22-10-7-20(8-11-22)26-17-33-27(35-26)23(15-19-5-3-2-4-6-19)28(38)37-14-13-31(18-37)24-16-21(32)9-12-25(24)36-30(40)42-31/h2-12,16-17,23H,13-15,18H2,1H3,(H,33,35)(H,34,39)(H,36,40)/t23-,31-/m0/s1. The van der Waals surface area contributed by atoms with E-state index in [4.69, 9.17) is 16.3 Å². The summed E-state index contributed by atoms with van der Waals surface area (Å²) in [5.74, 6) is -0.192. The van der Waals surface area contributed by atoms with E-state index in [1.807, 2.05) is 42.5 Å². The van der Waals surface area contributed by atoms with Crippen LogP contribution in [0.4, 0.5) is 21.0 Å². The highest BCUT2D eigenvalue weighted by molar-refractivity contribution is 6.30. The number of carbonyl (C=O) groups excluding carboxylic acids is 3. The monoisotopic (exact) mass is 585 g/mol. The predicted octanol–water partition coefficient (Wildman–Crippen LogP) is 5.92. The lowest BCUT2D eigenvalue weighted by Gasteiger charge is -2.35. The minimum absolute atomic E-state index is 0.118. The Bertz CT molecular complexity index is 1640. The molecule has 3 aromatic carbocycles. The quantitative estimate of drug-likeness (QED) is 0.258. The Balaban J connectivity index is 1.28. The first-order chi connectivity index (χ1) is 20.3. The van der Waals surface area contributed by atoms with Crippen molar-refractivity contribution >= 4 is 41.1 Å². The third kappa shape index (κ3) is 5.40. The first-order valence-corrected chi connectivity index (χ1v) is 13.8. The lowest BCUT2D eigenvalue weighted by molar-refractivity contribution is -0.133. The highest BCUT2D eigenvalue weighted by atomic mass is 35.5. The van der Waals surface area contributed by atoms with Crippen LogP contribution in [0.1, 0.15) is 29.3 Å². The van der Waals surface area contributed by atoms with Crippen molar-refractivity contribution in [3.63, 3.8) is 0 Å². The van der Waals surface area contributed by atoms with E-state index in [9.17, 15) is 14.4 Å². The second-order valence-corrected chi connectivity index (χ2v) is 10.8. The molecule has 214 valence electrons. The number of likely N-dealkylation sites (tertiary alicyclic amines) is 1. The highest BCUT2D eigenvalue weighted by Gasteiger charge is 2.49. The van der Waals surface area contributed by atoms with Crippen LogP contribution >= 0.6 is 11.6 Å². The second-order valence-electron chi connectivity index (χ2n) is 10.3. The number of nitrogens with zero attached hydrogens (tertiary/aromatic N) is 2. The molecule has 6 rings (SSSR count). The molecule has 0 saturated carbocycles. The predicted molar refractivity (Wildman–Crippen MR) is 157 cm³/mol. The van der Waals surface area contributed by atoms with Crippen LogP contribution in [-0.2, 0) is 26.3 Å². The van der Waals surface area contributed by atoms with Gasteiger partial charge in [0.2, 0.25) is 5.91 Å². The number of benzene rings is 3. The number of nitrogens with one attached hydrogen (secondary N) is 3. The molecule has 4 aromatic rings. The lowest BCUT2D eigenvalue weighted by Crippen LogP contribution is -2.43.